The number of benzene rings is 6. The van der Waals surface area contributed by atoms with Crippen molar-refractivity contribution in [3.05, 3.63) is 167 Å². The first-order valence-electron chi connectivity index (χ1n) is 19.7. The zero-order valence-electron chi connectivity index (χ0n) is 30.4. The lowest BCUT2D eigenvalue weighted by Gasteiger charge is -2.66. The topological polar surface area (TPSA) is 57.5 Å². The van der Waals surface area contributed by atoms with E-state index in [2.05, 4.69) is 139 Å². The Morgan fingerprint density at radius 3 is 1.93 bits per heavy atom. The minimum absolute atomic E-state index is 0.131. The van der Waals surface area contributed by atoms with Gasteiger partial charge in [0.2, 0.25) is 0 Å². The Hall–Kier alpha value is -5.74. The maximum Gasteiger partial charge on any atom is 0.153 e. The van der Waals surface area contributed by atoms with Gasteiger partial charge in [0, 0.05) is 34.7 Å². The van der Waals surface area contributed by atoms with E-state index in [-0.39, 0.29) is 5.41 Å². The van der Waals surface area contributed by atoms with E-state index in [1.54, 1.807) is 0 Å². The first-order chi connectivity index (χ1) is 26.5. The van der Waals surface area contributed by atoms with Crippen molar-refractivity contribution >= 4 is 11.7 Å². The van der Waals surface area contributed by atoms with Crippen LogP contribution in [0.5, 0.6) is 11.5 Å². The number of fused-ring (bicyclic) bond motifs is 10. The molecular weight excluding hydrogens is 659 g/mol. The molecule has 0 aromatic heterocycles. The molecule has 5 aliphatic carbocycles. The molecule has 4 saturated carbocycles. The Morgan fingerprint density at radius 1 is 0.630 bits per heavy atom. The molecule has 2 spiro atoms. The Morgan fingerprint density at radius 2 is 1.22 bits per heavy atom. The Balaban J connectivity index is 0.936. The molecule has 4 fully saturated rings. The molecular formula is C50H41N3O. The Bertz CT molecular complexity index is 2570. The van der Waals surface area contributed by atoms with Gasteiger partial charge in [0.1, 0.15) is 17.3 Å². The van der Waals surface area contributed by atoms with Crippen LogP contribution in [-0.2, 0) is 5.41 Å². The largest absolute Gasteiger partial charge is 0.456 e. The predicted octanol–water partition coefficient (Wildman–Crippen LogP) is 11.3. The van der Waals surface area contributed by atoms with Gasteiger partial charge < -0.3 is 10.1 Å². The fourth-order valence-corrected chi connectivity index (χ4v) is 12.8. The quantitative estimate of drug-likeness (QED) is 0.142. The molecule has 0 amide bonds. The van der Waals surface area contributed by atoms with Crippen molar-refractivity contribution in [1.82, 2.24) is 5.32 Å². The standard InChI is InChI=1S/C50H41N3O/c1-52-47(48-27-35-25-34-26-36(28-48)49(34,35)29-48)53-46(51)33-14-9-12-31(24-33)30-11-8-13-32(23-30)37-17-10-21-43-45(37)54-44-22-7-6-20-42(44)50(43)40-18-4-2-15-38(40)39-16-3-5-19-41(39)50/h2-24,34-36H,25-29H2,1H3,(H2,51,52,53)/t34-,35?,36?,48?,49+. The van der Waals surface area contributed by atoms with Crippen LogP contribution < -0.4 is 10.1 Å². The molecule has 2 unspecified atom stereocenters. The van der Waals surface area contributed by atoms with Crippen molar-refractivity contribution < 1.29 is 4.74 Å². The molecule has 12 rings (SSSR count). The number of aliphatic imine (C=N–C) groups is 1. The van der Waals surface area contributed by atoms with E-state index in [9.17, 15) is 5.41 Å². The van der Waals surface area contributed by atoms with E-state index in [1.165, 1.54) is 59.9 Å². The molecule has 54 heavy (non-hydrogen) atoms. The molecule has 6 aliphatic rings. The minimum atomic E-state index is -0.497. The van der Waals surface area contributed by atoms with Gasteiger partial charge in [0.05, 0.1) is 5.41 Å². The molecule has 6 aromatic carbocycles. The van der Waals surface area contributed by atoms with Gasteiger partial charge in [-0.15, -0.1) is 0 Å². The second-order valence-electron chi connectivity index (χ2n) is 16.9. The van der Waals surface area contributed by atoms with Gasteiger partial charge in [0.15, 0.2) is 5.84 Å². The third kappa shape index (κ3) is 3.74. The summed E-state index contributed by atoms with van der Waals surface area (Å²) in [5.74, 6) is 5.89. The molecule has 2 bridgehead atoms. The highest BCUT2D eigenvalue weighted by molar-refractivity contribution is 6.07. The highest BCUT2D eigenvalue weighted by Gasteiger charge is 2.78. The average Bonchev–Trinajstić information content (AvgIpc) is 3.82. The molecule has 4 nitrogen and oxygen atoms in total. The second kappa shape index (κ2) is 10.7. The van der Waals surface area contributed by atoms with E-state index < -0.39 is 5.41 Å². The van der Waals surface area contributed by atoms with Crippen LogP contribution in [0.3, 0.4) is 0 Å². The van der Waals surface area contributed by atoms with Crippen molar-refractivity contribution in [1.29, 1.82) is 5.41 Å². The van der Waals surface area contributed by atoms with Crippen LogP contribution in [0.1, 0.15) is 59.9 Å². The van der Waals surface area contributed by atoms with Crippen molar-refractivity contribution in [3.8, 4) is 44.9 Å². The summed E-state index contributed by atoms with van der Waals surface area (Å²) in [5, 5.41) is 12.7. The monoisotopic (exact) mass is 699 g/mol. The number of amidine groups is 2. The maximum absolute atomic E-state index is 9.22. The van der Waals surface area contributed by atoms with E-state index >= 15 is 0 Å². The molecule has 2 N–H and O–H groups in total. The molecule has 2 atom stereocenters. The summed E-state index contributed by atoms with van der Waals surface area (Å²) in [7, 11) is 2.01. The van der Waals surface area contributed by atoms with Crippen LogP contribution in [0, 0.1) is 34.0 Å². The molecule has 6 aromatic rings. The van der Waals surface area contributed by atoms with Gasteiger partial charge in [-0.05, 0) is 112 Å². The normalized spacial score (nSPS) is 26.7. The highest BCUT2D eigenvalue weighted by atomic mass is 16.5. The molecule has 1 aliphatic heterocycles. The Kier molecular flexibility index (Phi) is 6.08. The Labute approximate surface area is 316 Å². The van der Waals surface area contributed by atoms with E-state index in [4.69, 9.17) is 9.73 Å². The summed E-state index contributed by atoms with van der Waals surface area (Å²) in [4.78, 5) is 5.07. The number of hydrogen-bond acceptors (Lipinski definition) is 2. The zero-order valence-corrected chi connectivity index (χ0v) is 30.4. The molecule has 262 valence electrons. The summed E-state index contributed by atoms with van der Waals surface area (Å²) in [5.41, 5.74) is 12.9. The number of para-hydroxylation sites is 2. The summed E-state index contributed by atoms with van der Waals surface area (Å²) in [6.07, 6.45) is 6.61. The van der Waals surface area contributed by atoms with Crippen LogP contribution in [-0.4, -0.2) is 18.7 Å². The van der Waals surface area contributed by atoms with Crippen LogP contribution in [0.2, 0.25) is 0 Å². The van der Waals surface area contributed by atoms with Crippen molar-refractivity contribution in [3.63, 3.8) is 0 Å². The van der Waals surface area contributed by atoms with Crippen LogP contribution in [0.15, 0.2) is 145 Å². The fourth-order valence-electron chi connectivity index (χ4n) is 12.8. The highest BCUT2D eigenvalue weighted by Crippen LogP contribution is 2.84. The van der Waals surface area contributed by atoms with Crippen LogP contribution >= 0.6 is 0 Å². The number of rotatable bonds is 4. The number of hydrogen-bond donors (Lipinski definition) is 2. The smallest absolute Gasteiger partial charge is 0.153 e. The predicted molar refractivity (Wildman–Crippen MR) is 216 cm³/mol. The maximum atomic E-state index is 9.22. The third-order valence-corrected chi connectivity index (χ3v) is 14.8. The average molecular weight is 700 g/mol. The van der Waals surface area contributed by atoms with E-state index in [0.29, 0.717) is 11.3 Å². The first-order valence-corrected chi connectivity index (χ1v) is 19.7. The summed E-state index contributed by atoms with van der Waals surface area (Å²) < 4.78 is 6.96. The van der Waals surface area contributed by atoms with Gasteiger partial charge in [0.25, 0.3) is 0 Å². The lowest BCUT2D eigenvalue weighted by molar-refractivity contribution is -0.175. The van der Waals surface area contributed by atoms with E-state index in [0.717, 1.165) is 68.5 Å². The van der Waals surface area contributed by atoms with Crippen molar-refractivity contribution in [2.45, 2.75) is 37.5 Å². The van der Waals surface area contributed by atoms with Gasteiger partial charge in [-0.25, -0.2) is 4.99 Å². The molecule has 1 heterocycles. The number of nitrogens with zero attached hydrogens (tertiary/aromatic N) is 1. The summed E-state index contributed by atoms with van der Waals surface area (Å²) >= 11 is 0. The summed E-state index contributed by atoms with van der Waals surface area (Å²) in [6.45, 7) is 0. The minimum Gasteiger partial charge on any atom is -0.456 e. The fraction of sp³-hybridized carbons (Fsp3) is 0.240. The van der Waals surface area contributed by atoms with Gasteiger partial charge in [-0.2, -0.15) is 0 Å². The zero-order chi connectivity index (χ0) is 35.8. The van der Waals surface area contributed by atoms with Gasteiger partial charge >= 0.3 is 0 Å². The SMILES string of the molecule is CN/C(=N\C(=N)c1cccc(-c2cccc(-c3cccc4c3Oc3ccccc3C43c4ccccc4-c4ccccc43)c2)c1)C12CC3C[C@H]4CC(C1)[C@@]34C2. The molecule has 0 saturated heterocycles. The van der Waals surface area contributed by atoms with Crippen molar-refractivity contribution in [2.75, 3.05) is 7.05 Å². The lowest BCUT2D eigenvalue weighted by Crippen LogP contribution is -2.59. The molecule has 4 heteroatoms. The number of nitrogens with one attached hydrogen (secondary N) is 2. The summed E-state index contributed by atoms with van der Waals surface area (Å²) in [6, 6.07) is 50.1. The van der Waals surface area contributed by atoms with Gasteiger partial charge in [-0.1, -0.05) is 121 Å². The first kappa shape index (κ1) is 30.7. The third-order valence-electron chi connectivity index (χ3n) is 14.8. The lowest BCUT2D eigenvalue weighted by atomic mass is 9.38. The number of ether oxygens (including phenoxy) is 1. The second-order valence-corrected chi connectivity index (χ2v) is 16.9. The van der Waals surface area contributed by atoms with Crippen LogP contribution in [0.4, 0.5) is 0 Å². The van der Waals surface area contributed by atoms with Crippen LogP contribution in [0.25, 0.3) is 33.4 Å². The van der Waals surface area contributed by atoms with Crippen molar-refractivity contribution in [2.24, 2.45) is 33.6 Å². The van der Waals surface area contributed by atoms with Gasteiger partial charge in [-0.3, -0.25) is 5.41 Å². The molecule has 0 radical (unpaired) electrons. The van der Waals surface area contributed by atoms with E-state index in [1.807, 2.05) is 13.1 Å².